The molecule has 7 nitrogen and oxygen atoms in total. The number of rotatable bonds is 3. The fraction of sp³-hybridized carbons (Fsp3) is 0.440. The molecular weight excluding hydrogens is 412 g/mol. The molecule has 0 radical (unpaired) electrons. The van der Waals surface area contributed by atoms with E-state index >= 15 is 0 Å². The first-order chi connectivity index (χ1) is 15.4. The van der Waals surface area contributed by atoms with E-state index in [1.54, 1.807) is 18.2 Å². The SMILES string of the molecule is COc1c(O)c(O)c(CO)c2c1C=CC1C2OC2CC(c3ccc(O)cc3)CCC2C1O. The van der Waals surface area contributed by atoms with Gasteiger partial charge in [-0.3, -0.25) is 0 Å². The molecule has 170 valence electrons. The van der Waals surface area contributed by atoms with E-state index in [1.807, 2.05) is 18.2 Å². The van der Waals surface area contributed by atoms with Gasteiger partial charge in [-0.2, -0.15) is 0 Å². The lowest BCUT2D eigenvalue weighted by Crippen LogP contribution is -2.50. The summed E-state index contributed by atoms with van der Waals surface area (Å²) in [4.78, 5) is 0. The molecule has 1 saturated carbocycles. The van der Waals surface area contributed by atoms with E-state index in [0.29, 0.717) is 11.1 Å². The van der Waals surface area contributed by atoms with Crippen LogP contribution in [0, 0.1) is 11.8 Å². The molecule has 0 spiro atoms. The van der Waals surface area contributed by atoms with Crippen molar-refractivity contribution in [2.45, 2.75) is 50.1 Å². The highest BCUT2D eigenvalue weighted by molar-refractivity contribution is 5.74. The average Bonchev–Trinajstić information content (AvgIpc) is 2.80. The fourth-order valence-corrected chi connectivity index (χ4v) is 5.82. The highest BCUT2D eigenvalue weighted by Crippen LogP contribution is 2.55. The van der Waals surface area contributed by atoms with Crippen molar-refractivity contribution in [1.82, 2.24) is 0 Å². The summed E-state index contributed by atoms with van der Waals surface area (Å²) in [5.41, 5.74) is 2.42. The number of hydrogen-bond donors (Lipinski definition) is 5. The van der Waals surface area contributed by atoms with Crippen molar-refractivity contribution < 1.29 is 35.0 Å². The van der Waals surface area contributed by atoms with E-state index < -0.39 is 30.3 Å². The van der Waals surface area contributed by atoms with Gasteiger partial charge in [0.2, 0.25) is 5.75 Å². The number of aliphatic hydroxyl groups excluding tert-OH is 2. The summed E-state index contributed by atoms with van der Waals surface area (Å²) in [7, 11) is 1.41. The van der Waals surface area contributed by atoms with Crippen molar-refractivity contribution in [3.63, 3.8) is 0 Å². The maximum atomic E-state index is 11.3. The van der Waals surface area contributed by atoms with Gasteiger partial charge in [-0.15, -0.1) is 0 Å². The fourth-order valence-electron chi connectivity index (χ4n) is 5.82. The van der Waals surface area contributed by atoms with Crippen molar-refractivity contribution in [3.8, 4) is 23.0 Å². The molecule has 1 heterocycles. The minimum atomic E-state index is -0.627. The number of benzene rings is 2. The molecule has 2 fully saturated rings. The van der Waals surface area contributed by atoms with Gasteiger partial charge in [0.25, 0.3) is 0 Å². The van der Waals surface area contributed by atoms with Gasteiger partial charge in [0, 0.05) is 28.5 Å². The molecule has 0 aromatic heterocycles. The Bertz CT molecular complexity index is 1050. The molecular formula is C25H28O7. The van der Waals surface area contributed by atoms with Crippen LogP contribution in [0.2, 0.25) is 0 Å². The standard InChI is InChI=1S/C25H28O7/c1-31-25-16-8-9-17-21(28)15-7-4-13(12-2-5-14(27)6-3-12)10-19(15)32-24(17)20(16)18(11-26)22(29)23(25)30/h2-3,5-6,8-9,13,15,17,19,21,24,26-30H,4,7,10-11H2,1H3. The van der Waals surface area contributed by atoms with Crippen LogP contribution in [0.25, 0.3) is 6.08 Å². The zero-order valence-corrected chi connectivity index (χ0v) is 17.8. The Morgan fingerprint density at radius 2 is 1.81 bits per heavy atom. The Hall–Kier alpha value is -2.74. The lowest BCUT2D eigenvalue weighted by Gasteiger charge is -2.49. The second kappa shape index (κ2) is 7.99. The zero-order chi connectivity index (χ0) is 22.6. The van der Waals surface area contributed by atoms with Crippen LogP contribution in [-0.4, -0.2) is 44.9 Å². The third kappa shape index (κ3) is 3.15. The van der Waals surface area contributed by atoms with Gasteiger partial charge in [0.15, 0.2) is 11.5 Å². The van der Waals surface area contributed by atoms with Crippen molar-refractivity contribution in [3.05, 3.63) is 52.6 Å². The third-order valence-corrected chi connectivity index (χ3v) is 7.43. The van der Waals surface area contributed by atoms with Gasteiger partial charge >= 0.3 is 0 Å². The molecule has 7 heteroatoms. The van der Waals surface area contributed by atoms with Crippen LogP contribution in [0.4, 0.5) is 0 Å². The van der Waals surface area contributed by atoms with E-state index in [0.717, 1.165) is 24.8 Å². The lowest BCUT2D eigenvalue weighted by molar-refractivity contribution is -0.178. The third-order valence-electron chi connectivity index (χ3n) is 7.43. The van der Waals surface area contributed by atoms with Crippen LogP contribution >= 0.6 is 0 Å². The van der Waals surface area contributed by atoms with Crippen LogP contribution in [0.15, 0.2) is 30.3 Å². The Balaban J connectivity index is 1.52. The number of phenolic OH excluding ortho intramolecular Hbond substituents is 2. The molecule has 0 amide bonds. The summed E-state index contributed by atoms with van der Waals surface area (Å²) in [5.74, 6) is -0.585. The van der Waals surface area contributed by atoms with Gasteiger partial charge in [0.05, 0.1) is 32.0 Å². The van der Waals surface area contributed by atoms with Gasteiger partial charge in [-0.1, -0.05) is 24.3 Å². The molecule has 5 N–H and O–H groups in total. The first-order valence-corrected chi connectivity index (χ1v) is 11.0. The highest BCUT2D eigenvalue weighted by Gasteiger charge is 2.49. The molecule has 2 aromatic rings. The first kappa shape index (κ1) is 21.1. The van der Waals surface area contributed by atoms with E-state index in [-0.39, 0.29) is 40.9 Å². The molecule has 6 atom stereocenters. The lowest BCUT2D eigenvalue weighted by atomic mass is 9.67. The molecule has 32 heavy (non-hydrogen) atoms. The topological polar surface area (TPSA) is 120 Å². The molecule has 5 rings (SSSR count). The Labute approximate surface area is 186 Å². The molecule has 3 aliphatic rings. The summed E-state index contributed by atoms with van der Waals surface area (Å²) < 4.78 is 11.9. The Kier molecular flexibility index (Phi) is 5.28. The number of aromatic hydroxyl groups is 3. The van der Waals surface area contributed by atoms with Gasteiger partial charge in [0.1, 0.15) is 5.75 Å². The van der Waals surface area contributed by atoms with Crippen LogP contribution in [0.3, 0.4) is 0 Å². The number of fused-ring (bicyclic) bond motifs is 4. The quantitative estimate of drug-likeness (QED) is 0.465. The second-order valence-electron chi connectivity index (χ2n) is 8.98. The van der Waals surface area contributed by atoms with E-state index in [2.05, 4.69) is 0 Å². The minimum absolute atomic E-state index is 0.0130. The van der Waals surface area contributed by atoms with E-state index in [1.165, 1.54) is 7.11 Å². The van der Waals surface area contributed by atoms with Crippen LogP contribution in [0.1, 0.15) is 53.5 Å². The van der Waals surface area contributed by atoms with E-state index in [4.69, 9.17) is 9.47 Å². The molecule has 1 aliphatic heterocycles. The zero-order valence-electron chi connectivity index (χ0n) is 17.8. The van der Waals surface area contributed by atoms with Gasteiger partial charge in [-0.25, -0.2) is 0 Å². The second-order valence-corrected chi connectivity index (χ2v) is 8.98. The minimum Gasteiger partial charge on any atom is -0.508 e. The monoisotopic (exact) mass is 440 g/mol. The summed E-state index contributed by atoms with van der Waals surface area (Å²) in [5, 5.41) is 51.7. The normalized spacial score (nSPS) is 30.8. The van der Waals surface area contributed by atoms with Crippen molar-refractivity contribution in [2.24, 2.45) is 11.8 Å². The Morgan fingerprint density at radius 1 is 1.06 bits per heavy atom. The van der Waals surface area contributed by atoms with Crippen molar-refractivity contribution in [1.29, 1.82) is 0 Å². The first-order valence-electron chi connectivity index (χ1n) is 11.0. The molecule has 2 aromatic carbocycles. The maximum Gasteiger partial charge on any atom is 0.201 e. The maximum absolute atomic E-state index is 11.3. The molecule has 2 aliphatic carbocycles. The van der Waals surface area contributed by atoms with Crippen LogP contribution in [-0.2, 0) is 11.3 Å². The number of methoxy groups -OCH3 is 1. The summed E-state index contributed by atoms with van der Waals surface area (Å²) >= 11 is 0. The van der Waals surface area contributed by atoms with Crippen LogP contribution in [0.5, 0.6) is 23.0 Å². The smallest absolute Gasteiger partial charge is 0.201 e. The predicted molar refractivity (Wildman–Crippen MR) is 117 cm³/mol. The van der Waals surface area contributed by atoms with Crippen molar-refractivity contribution in [2.75, 3.05) is 7.11 Å². The average molecular weight is 440 g/mol. The van der Waals surface area contributed by atoms with Gasteiger partial charge in [-0.05, 0) is 42.9 Å². The summed E-state index contributed by atoms with van der Waals surface area (Å²) in [6, 6.07) is 7.23. The molecule has 1 saturated heterocycles. The summed E-state index contributed by atoms with van der Waals surface area (Å²) in [6.07, 6.45) is 4.70. The van der Waals surface area contributed by atoms with Gasteiger partial charge < -0.3 is 35.0 Å². The highest BCUT2D eigenvalue weighted by atomic mass is 16.5. The molecule has 6 unspecified atom stereocenters. The summed E-state index contributed by atoms with van der Waals surface area (Å²) in [6.45, 7) is -0.480. The Morgan fingerprint density at radius 3 is 2.50 bits per heavy atom. The predicted octanol–water partition coefficient (Wildman–Crippen LogP) is 3.33. The molecule has 0 bridgehead atoms. The van der Waals surface area contributed by atoms with E-state index in [9.17, 15) is 25.5 Å². The largest absolute Gasteiger partial charge is 0.508 e. The van der Waals surface area contributed by atoms with Crippen LogP contribution < -0.4 is 4.74 Å². The number of ether oxygens (including phenoxy) is 2. The number of aliphatic hydroxyl groups is 2. The van der Waals surface area contributed by atoms with Crippen molar-refractivity contribution >= 4 is 6.08 Å². The number of hydrogen-bond acceptors (Lipinski definition) is 7. The number of phenols is 3.